The number of β-amino-alcohol motifs (C(OH)–C–C–N with tert-alkyl or cyclic N) is 1. The van der Waals surface area contributed by atoms with Gasteiger partial charge in [0.05, 0.1) is 18.0 Å². The Kier molecular flexibility index (Phi) is 5.95. The summed E-state index contributed by atoms with van der Waals surface area (Å²) in [6.45, 7) is 2.33. The number of rotatable bonds is 6. The highest BCUT2D eigenvalue weighted by molar-refractivity contribution is 5.92. The number of nitrogens with one attached hydrogen (secondary N) is 1. The molecule has 0 aliphatic carbocycles. The Hall–Kier alpha value is -3.82. The molecule has 1 aliphatic heterocycles. The van der Waals surface area contributed by atoms with E-state index in [1.165, 1.54) is 21.8 Å². The zero-order valence-electron chi connectivity index (χ0n) is 18.9. The first-order valence-electron chi connectivity index (χ1n) is 11.2. The van der Waals surface area contributed by atoms with Crippen molar-refractivity contribution in [2.24, 2.45) is 7.05 Å². The first kappa shape index (κ1) is 22.0. The minimum atomic E-state index is -0.677. The number of benzene rings is 1. The van der Waals surface area contributed by atoms with Crippen LogP contribution >= 0.6 is 0 Å². The number of hydrogen-bond donors (Lipinski definition) is 2. The van der Waals surface area contributed by atoms with Crippen LogP contribution in [0.2, 0.25) is 0 Å². The summed E-state index contributed by atoms with van der Waals surface area (Å²) in [5, 5.41) is 13.3. The van der Waals surface area contributed by atoms with Crippen LogP contribution in [0, 0.1) is 0 Å². The lowest BCUT2D eigenvalue weighted by molar-refractivity contribution is 0.0838. The molecule has 0 spiro atoms. The molecule has 4 heterocycles. The molecule has 2 N–H and O–H groups in total. The Morgan fingerprint density at radius 3 is 2.79 bits per heavy atom. The van der Waals surface area contributed by atoms with Crippen molar-refractivity contribution in [3.63, 3.8) is 0 Å². The van der Waals surface area contributed by atoms with E-state index in [4.69, 9.17) is 0 Å². The second-order valence-electron chi connectivity index (χ2n) is 8.65. The van der Waals surface area contributed by atoms with Crippen molar-refractivity contribution >= 4 is 11.6 Å². The van der Waals surface area contributed by atoms with Crippen molar-refractivity contribution in [2.45, 2.75) is 19.1 Å². The van der Waals surface area contributed by atoms with Crippen LogP contribution in [-0.2, 0) is 20.0 Å². The number of carbonyl (C=O) groups is 1. The summed E-state index contributed by atoms with van der Waals surface area (Å²) >= 11 is 0. The molecule has 0 bridgehead atoms. The molecule has 34 heavy (non-hydrogen) atoms. The van der Waals surface area contributed by atoms with Gasteiger partial charge in [0, 0.05) is 63.4 Å². The number of fused-ring (bicyclic) bond motifs is 2. The van der Waals surface area contributed by atoms with Crippen LogP contribution in [-0.4, -0.2) is 60.6 Å². The van der Waals surface area contributed by atoms with Gasteiger partial charge in [0.25, 0.3) is 5.91 Å². The van der Waals surface area contributed by atoms with Crippen molar-refractivity contribution in [3.8, 4) is 11.3 Å². The zero-order valence-corrected chi connectivity index (χ0v) is 18.9. The Labute approximate surface area is 196 Å². The van der Waals surface area contributed by atoms with Crippen molar-refractivity contribution in [1.29, 1.82) is 0 Å². The minimum Gasteiger partial charge on any atom is -0.390 e. The van der Waals surface area contributed by atoms with Crippen LogP contribution < -0.4 is 10.9 Å². The monoisotopic (exact) mass is 458 g/mol. The van der Waals surface area contributed by atoms with Crippen LogP contribution in [0.3, 0.4) is 0 Å². The summed E-state index contributed by atoms with van der Waals surface area (Å²) in [6, 6.07) is 11.6. The van der Waals surface area contributed by atoms with Gasteiger partial charge in [-0.1, -0.05) is 24.3 Å². The molecular formula is C25H26N6O3. The minimum absolute atomic E-state index is 0.0984. The largest absolute Gasteiger partial charge is 0.390 e. The molecule has 0 saturated heterocycles. The summed E-state index contributed by atoms with van der Waals surface area (Å²) in [5.74, 6) is -0.351. The highest BCUT2D eigenvalue weighted by atomic mass is 16.3. The normalized spacial score (nSPS) is 14.6. The van der Waals surface area contributed by atoms with Crippen LogP contribution in [0.5, 0.6) is 0 Å². The SMILES string of the molecule is Cn1cc(-c2cn3cc(C(=O)NCC(O)CN4CCc5ccccc5C4)nc3cn2)ccc1=O. The number of nitrogens with zero attached hydrogens (tertiary/aromatic N) is 5. The van der Waals surface area contributed by atoms with Crippen molar-refractivity contribution in [2.75, 3.05) is 19.6 Å². The number of aromatic nitrogens is 4. The standard InChI is InChI=1S/C25H26N6O3/c1-29-12-19(6-7-24(29)33)21-15-31-16-22(28-23(31)11-26-21)25(34)27-10-20(32)14-30-9-8-17-4-2-3-5-18(17)13-30/h2-7,11-12,15-16,20,32H,8-10,13-14H2,1H3,(H,27,34). The van der Waals surface area contributed by atoms with E-state index in [1.807, 2.05) is 6.07 Å². The topological polar surface area (TPSA) is 105 Å². The maximum Gasteiger partial charge on any atom is 0.271 e. The average molecular weight is 459 g/mol. The van der Waals surface area contributed by atoms with E-state index >= 15 is 0 Å². The maximum absolute atomic E-state index is 12.6. The maximum atomic E-state index is 12.6. The third-order valence-corrected chi connectivity index (χ3v) is 6.13. The van der Waals surface area contributed by atoms with Gasteiger partial charge in [0.1, 0.15) is 5.69 Å². The summed E-state index contributed by atoms with van der Waals surface area (Å²) in [4.78, 5) is 35.2. The summed E-state index contributed by atoms with van der Waals surface area (Å²) in [5.41, 5.74) is 4.78. The van der Waals surface area contributed by atoms with E-state index in [1.54, 1.807) is 42.3 Å². The van der Waals surface area contributed by atoms with Crippen molar-refractivity contribution < 1.29 is 9.90 Å². The number of aliphatic hydroxyl groups excluding tert-OH is 1. The molecule has 0 saturated carbocycles. The number of amides is 1. The predicted octanol–water partition coefficient (Wildman–Crippen LogP) is 1.24. The first-order valence-corrected chi connectivity index (χ1v) is 11.2. The van der Waals surface area contributed by atoms with E-state index < -0.39 is 6.10 Å². The molecule has 9 heteroatoms. The molecular weight excluding hydrogens is 432 g/mol. The number of hydrogen-bond acceptors (Lipinski definition) is 6. The Morgan fingerprint density at radius 2 is 1.97 bits per heavy atom. The lowest BCUT2D eigenvalue weighted by Gasteiger charge is -2.30. The molecule has 5 rings (SSSR count). The average Bonchev–Trinajstić information content (AvgIpc) is 3.28. The van der Waals surface area contributed by atoms with Crippen LogP contribution in [0.25, 0.3) is 16.9 Å². The highest BCUT2D eigenvalue weighted by Gasteiger charge is 2.19. The molecule has 0 radical (unpaired) electrons. The molecule has 0 fully saturated rings. The predicted molar refractivity (Wildman–Crippen MR) is 127 cm³/mol. The third kappa shape index (κ3) is 4.61. The third-order valence-electron chi connectivity index (χ3n) is 6.13. The van der Waals surface area contributed by atoms with Crippen molar-refractivity contribution in [3.05, 3.63) is 88.4 Å². The molecule has 9 nitrogen and oxygen atoms in total. The molecule has 1 unspecified atom stereocenters. The molecule has 4 aromatic rings. The fourth-order valence-corrected chi connectivity index (χ4v) is 4.28. The molecule has 174 valence electrons. The van der Waals surface area contributed by atoms with Gasteiger partial charge in [-0.05, 0) is 23.6 Å². The quantitative estimate of drug-likeness (QED) is 0.451. The molecule has 3 aromatic heterocycles. The van der Waals surface area contributed by atoms with E-state index in [-0.39, 0.29) is 23.7 Å². The van der Waals surface area contributed by atoms with Crippen molar-refractivity contribution in [1.82, 2.24) is 29.2 Å². The van der Waals surface area contributed by atoms with E-state index in [0.29, 0.717) is 17.9 Å². The molecule has 1 aliphatic rings. The Morgan fingerprint density at radius 1 is 1.15 bits per heavy atom. The number of pyridine rings is 1. The Bertz CT molecular complexity index is 1410. The number of carbonyl (C=O) groups excluding carboxylic acids is 1. The van der Waals surface area contributed by atoms with Crippen LogP contribution in [0.4, 0.5) is 0 Å². The van der Waals surface area contributed by atoms with Gasteiger partial charge in [0.15, 0.2) is 5.65 Å². The fraction of sp³-hybridized carbons (Fsp3) is 0.280. The van der Waals surface area contributed by atoms with E-state index in [2.05, 4.69) is 38.4 Å². The highest BCUT2D eigenvalue weighted by Crippen LogP contribution is 2.19. The second kappa shape index (κ2) is 9.20. The number of aliphatic hydroxyl groups is 1. The van der Waals surface area contributed by atoms with Gasteiger partial charge in [-0.25, -0.2) is 4.98 Å². The smallest absolute Gasteiger partial charge is 0.271 e. The van der Waals surface area contributed by atoms with E-state index in [9.17, 15) is 14.7 Å². The van der Waals surface area contributed by atoms with Gasteiger partial charge in [-0.3, -0.25) is 19.5 Å². The molecule has 1 amide bonds. The fourth-order valence-electron chi connectivity index (χ4n) is 4.28. The number of aryl methyl sites for hydroxylation is 1. The van der Waals surface area contributed by atoms with E-state index in [0.717, 1.165) is 25.1 Å². The summed E-state index contributed by atoms with van der Waals surface area (Å²) in [6.07, 6.45) is 6.98. The first-order chi connectivity index (χ1) is 16.5. The Balaban J connectivity index is 1.20. The summed E-state index contributed by atoms with van der Waals surface area (Å²) < 4.78 is 3.21. The number of imidazole rings is 1. The van der Waals surface area contributed by atoms with Gasteiger partial charge >= 0.3 is 0 Å². The zero-order chi connectivity index (χ0) is 23.7. The molecule has 1 atom stereocenters. The van der Waals surface area contributed by atoms with Gasteiger partial charge < -0.3 is 19.4 Å². The van der Waals surface area contributed by atoms with Gasteiger partial charge in [-0.15, -0.1) is 0 Å². The molecule has 1 aromatic carbocycles. The second-order valence-corrected chi connectivity index (χ2v) is 8.65. The van der Waals surface area contributed by atoms with Crippen LogP contribution in [0.15, 0.2) is 66.0 Å². The van der Waals surface area contributed by atoms with Gasteiger partial charge in [-0.2, -0.15) is 0 Å². The van der Waals surface area contributed by atoms with Gasteiger partial charge in [0.2, 0.25) is 5.56 Å². The lowest BCUT2D eigenvalue weighted by Crippen LogP contribution is -2.42. The lowest BCUT2D eigenvalue weighted by atomic mass is 10.00. The van der Waals surface area contributed by atoms with Crippen LogP contribution in [0.1, 0.15) is 21.6 Å². The summed E-state index contributed by atoms with van der Waals surface area (Å²) in [7, 11) is 1.68.